The standard InChI is InChI=1S/C27H52N2O/c1-4-5-6-7-8-9-10-11-18-23-26(30)29(3)27(28-2,24-19-14-12-15-20-24)25-21-16-13-17-22-25/h24-25,28H,4-23H2,1-3H3. The molecule has 1 N–H and O–H groups in total. The van der Waals surface area contributed by atoms with E-state index in [9.17, 15) is 4.79 Å². The Morgan fingerprint density at radius 3 is 1.63 bits per heavy atom. The lowest BCUT2D eigenvalue weighted by Gasteiger charge is -2.54. The molecule has 3 heteroatoms. The van der Waals surface area contributed by atoms with Gasteiger partial charge in [-0.3, -0.25) is 10.1 Å². The van der Waals surface area contributed by atoms with Crippen molar-refractivity contribution >= 4 is 5.91 Å². The highest BCUT2D eigenvalue weighted by Crippen LogP contribution is 2.44. The predicted molar refractivity (Wildman–Crippen MR) is 130 cm³/mol. The molecule has 176 valence electrons. The van der Waals surface area contributed by atoms with E-state index in [1.165, 1.54) is 116 Å². The van der Waals surface area contributed by atoms with Crippen molar-refractivity contribution in [1.29, 1.82) is 0 Å². The van der Waals surface area contributed by atoms with Gasteiger partial charge in [0.05, 0.1) is 5.66 Å². The lowest BCUT2D eigenvalue weighted by Crippen LogP contribution is -2.67. The molecular formula is C27H52N2O. The third-order valence-electron chi connectivity index (χ3n) is 8.28. The summed E-state index contributed by atoms with van der Waals surface area (Å²) in [5, 5.41) is 3.78. The quantitative estimate of drug-likeness (QED) is 0.234. The summed E-state index contributed by atoms with van der Waals surface area (Å²) in [6.45, 7) is 2.28. The van der Waals surface area contributed by atoms with Gasteiger partial charge >= 0.3 is 0 Å². The van der Waals surface area contributed by atoms with Gasteiger partial charge in [-0.05, 0) is 51.0 Å². The second-order valence-corrected chi connectivity index (χ2v) is 10.3. The van der Waals surface area contributed by atoms with Gasteiger partial charge in [0.1, 0.15) is 0 Å². The lowest BCUT2D eigenvalue weighted by atomic mass is 9.68. The fourth-order valence-electron chi connectivity index (χ4n) is 6.50. The number of hydrogen-bond acceptors (Lipinski definition) is 2. The van der Waals surface area contributed by atoms with Crippen LogP contribution in [0.15, 0.2) is 0 Å². The summed E-state index contributed by atoms with van der Waals surface area (Å²) in [5.74, 6) is 1.62. The molecule has 0 bridgehead atoms. The lowest BCUT2D eigenvalue weighted by molar-refractivity contribution is -0.146. The Bertz CT molecular complexity index is 434. The molecule has 0 heterocycles. The largest absolute Gasteiger partial charge is 0.327 e. The van der Waals surface area contributed by atoms with E-state index in [-0.39, 0.29) is 5.66 Å². The highest BCUT2D eigenvalue weighted by atomic mass is 16.2. The van der Waals surface area contributed by atoms with E-state index >= 15 is 0 Å². The van der Waals surface area contributed by atoms with Gasteiger partial charge in [-0.25, -0.2) is 0 Å². The van der Waals surface area contributed by atoms with Gasteiger partial charge < -0.3 is 4.90 Å². The molecule has 0 radical (unpaired) electrons. The van der Waals surface area contributed by atoms with Crippen molar-refractivity contribution in [1.82, 2.24) is 10.2 Å². The first-order chi connectivity index (χ1) is 14.7. The van der Waals surface area contributed by atoms with Crippen LogP contribution in [-0.2, 0) is 4.79 Å². The predicted octanol–water partition coefficient (Wildman–Crippen LogP) is 7.44. The number of hydrogen-bond donors (Lipinski definition) is 1. The number of carbonyl (C=O) groups excluding carboxylic acids is 1. The van der Waals surface area contributed by atoms with Gasteiger partial charge in [-0.15, -0.1) is 0 Å². The van der Waals surface area contributed by atoms with E-state index in [1.807, 2.05) is 0 Å². The maximum atomic E-state index is 13.3. The monoisotopic (exact) mass is 420 g/mol. The first kappa shape index (κ1) is 25.7. The molecule has 2 fully saturated rings. The van der Waals surface area contributed by atoms with Crippen molar-refractivity contribution in [2.75, 3.05) is 14.1 Å². The molecule has 2 saturated carbocycles. The van der Waals surface area contributed by atoms with E-state index < -0.39 is 0 Å². The van der Waals surface area contributed by atoms with Crippen molar-refractivity contribution in [2.45, 2.75) is 141 Å². The Balaban J connectivity index is 1.86. The molecular weight excluding hydrogens is 368 g/mol. The maximum absolute atomic E-state index is 13.3. The molecule has 2 aliphatic carbocycles. The summed E-state index contributed by atoms with van der Waals surface area (Å²) in [6, 6.07) is 0. The molecule has 0 aromatic heterocycles. The molecule has 1 amide bonds. The first-order valence-corrected chi connectivity index (χ1v) is 13.6. The van der Waals surface area contributed by atoms with Crippen molar-refractivity contribution in [3.05, 3.63) is 0 Å². The van der Waals surface area contributed by atoms with Crippen molar-refractivity contribution < 1.29 is 4.79 Å². The van der Waals surface area contributed by atoms with Gasteiger partial charge in [0.25, 0.3) is 0 Å². The van der Waals surface area contributed by atoms with E-state index in [0.717, 1.165) is 12.8 Å². The van der Waals surface area contributed by atoms with Crippen LogP contribution in [0.4, 0.5) is 0 Å². The maximum Gasteiger partial charge on any atom is 0.223 e. The fraction of sp³-hybridized carbons (Fsp3) is 0.963. The minimum Gasteiger partial charge on any atom is -0.327 e. The summed E-state index contributed by atoms with van der Waals surface area (Å²) in [6.07, 6.45) is 25.7. The Morgan fingerprint density at radius 1 is 0.767 bits per heavy atom. The van der Waals surface area contributed by atoms with Gasteiger partial charge in [-0.2, -0.15) is 0 Å². The number of unbranched alkanes of at least 4 members (excludes halogenated alkanes) is 8. The van der Waals surface area contributed by atoms with E-state index in [4.69, 9.17) is 0 Å². The zero-order valence-electron chi connectivity index (χ0n) is 20.7. The van der Waals surface area contributed by atoms with Crippen LogP contribution in [0.2, 0.25) is 0 Å². The SMILES string of the molecule is CCCCCCCCCCCC(=O)N(C)C(NC)(C1CCCCC1)C1CCCCC1. The van der Waals surface area contributed by atoms with Crippen LogP contribution in [0.5, 0.6) is 0 Å². The fourth-order valence-corrected chi connectivity index (χ4v) is 6.50. The van der Waals surface area contributed by atoms with E-state index in [1.54, 1.807) is 0 Å². The number of nitrogens with one attached hydrogen (secondary N) is 1. The van der Waals surface area contributed by atoms with Gasteiger partial charge in [0.2, 0.25) is 5.91 Å². The van der Waals surface area contributed by atoms with Crippen LogP contribution in [-0.4, -0.2) is 30.6 Å². The zero-order valence-corrected chi connectivity index (χ0v) is 20.7. The van der Waals surface area contributed by atoms with Crippen LogP contribution in [0.3, 0.4) is 0 Å². The molecule has 0 saturated heterocycles. The van der Waals surface area contributed by atoms with E-state index in [2.05, 4.69) is 31.2 Å². The van der Waals surface area contributed by atoms with Crippen molar-refractivity contribution in [2.24, 2.45) is 11.8 Å². The van der Waals surface area contributed by atoms with Crippen LogP contribution in [0.25, 0.3) is 0 Å². The Hall–Kier alpha value is -0.570. The van der Waals surface area contributed by atoms with Crippen LogP contribution in [0.1, 0.15) is 135 Å². The topological polar surface area (TPSA) is 32.3 Å². The first-order valence-electron chi connectivity index (χ1n) is 13.6. The number of nitrogens with zero attached hydrogens (tertiary/aromatic N) is 1. The summed E-state index contributed by atoms with van der Waals surface area (Å²) in [7, 11) is 4.25. The second kappa shape index (κ2) is 14.5. The highest BCUT2D eigenvalue weighted by molar-refractivity contribution is 5.76. The molecule has 0 aromatic carbocycles. The van der Waals surface area contributed by atoms with Crippen LogP contribution >= 0.6 is 0 Å². The normalized spacial score (nSPS) is 19.2. The molecule has 0 aliphatic heterocycles. The molecule has 30 heavy (non-hydrogen) atoms. The average Bonchev–Trinajstić information content (AvgIpc) is 2.80. The van der Waals surface area contributed by atoms with Crippen molar-refractivity contribution in [3.8, 4) is 0 Å². The second-order valence-electron chi connectivity index (χ2n) is 10.3. The third kappa shape index (κ3) is 7.24. The minimum atomic E-state index is -0.114. The number of rotatable bonds is 14. The van der Waals surface area contributed by atoms with Crippen LogP contribution in [0, 0.1) is 11.8 Å². The summed E-state index contributed by atoms with van der Waals surface area (Å²) < 4.78 is 0. The van der Waals surface area contributed by atoms with Gasteiger partial charge in [0.15, 0.2) is 0 Å². The minimum absolute atomic E-state index is 0.114. The van der Waals surface area contributed by atoms with Gasteiger partial charge in [0, 0.05) is 13.5 Å². The zero-order chi connectivity index (χ0) is 21.7. The molecule has 2 rings (SSSR count). The summed E-state index contributed by atoms with van der Waals surface area (Å²) in [5.41, 5.74) is -0.114. The van der Waals surface area contributed by atoms with Gasteiger partial charge in [-0.1, -0.05) is 96.8 Å². The highest BCUT2D eigenvalue weighted by Gasteiger charge is 2.48. The summed E-state index contributed by atoms with van der Waals surface area (Å²) in [4.78, 5) is 15.5. The Labute approximate surface area is 188 Å². The Kier molecular flexibility index (Phi) is 12.4. The third-order valence-corrected chi connectivity index (χ3v) is 8.28. The summed E-state index contributed by atoms with van der Waals surface area (Å²) >= 11 is 0. The Morgan fingerprint density at radius 2 is 1.20 bits per heavy atom. The molecule has 3 nitrogen and oxygen atoms in total. The molecule has 0 atom stereocenters. The molecule has 0 spiro atoms. The number of carbonyl (C=O) groups is 1. The number of amides is 1. The smallest absolute Gasteiger partial charge is 0.223 e. The molecule has 0 aromatic rings. The molecule has 0 unspecified atom stereocenters. The molecule has 2 aliphatic rings. The average molecular weight is 421 g/mol. The van der Waals surface area contributed by atoms with E-state index in [0.29, 0.717) is 17.7 Å². The van der Waals surface area contributed by atoms with Crippen molar-refractivity contribution in [3.63, 3.8) is 0 Å². The van der Waals surface area contributed by atoms with Crippen LogP contribution < -0.4 is 5.32 Å².